The first-order chi connectivity index (χ1) is 8.25. The Labute approximate surface area is 103 Å². The maximum atomic E-state index is 12.0. The molecular formula is C13H24N2O2. The number of amides is 1. The van der Waals surface area contributed by atoms with Crippen molar-refractivity contribution < 1.29 is 9.90 Å². The first kappa shape index (κ1) is 12.8. The third kappa shape index (κ3) is 3.96. The molecule has 2 heterocycles. The fourth-order valence-electron chi connectivity index (χ4n) is 2.84. The van der Waals surface area contributed by atoms with Crippen molar-refractivity contribution in [2.75, 3.05) is 26.2 Å². The SMILES string of the molecule is O=C(CCC1CCCNC1)N1CCCC(O)C1. The van der Waals surface area contributed by atoms with E-state index in [0.717, 1.165) is 38.9 Å². The zero-order valence-electron chi connectivity index (χ0n) is 10.5. The Morgan fingerprint density at radius 3 is 2.94 bits per heavy atom. The molecule has 2 aliphatic heterocycles. The average Bonchev–Trinajstić information content (AvgIpc) is 2.37. The Hall–Kier alpha value is -0.610. The molecule has 0 spiro atoms. The topological polar surface area (TPSA) is 52.6 Å². The van der Waals surface area contributed by atoms with Gasteiger partial charge in [0, 0.05) is 19.5 Å². The number of carbonyl (C=O) groups is 1. The molecule has 0 aromatic rings. The summed E-state index contributed by atoms with van der Waals surface area (Å²) in [4.78, 5) is 13.8. The van der Waals surface area contributed by atoms with Crippen LogP contribution in [0.3, 0.4) is 0 Å². The monoisotopic (exact) mass is 240 g/mol. The standard InChI is InChI=1S/C13H24N2O2/c16-12-4-2-8-15(10-12)13(17)6-5-11-3-1-7-14-9-11/h11-12,14,16H,1-10H2. The summed E-state index contributed by atoms with van der Waals surface area (Å²) >= 11 is 0. The number of aliphatic hydroxyl groups is 1. The van der Waals surface area contributed by atoms with Gasteiger partial charge in [-0.3, -0.25) is 4.79 Å². The Morgan fingerprint density at radius 2 is 2.24 bits per heavy atom. The number of nitrogens with zero attached hydrogens (tertiary/aromatic N) is 1. The highest BCUT2D eigenvalue weighted by Crippen LogP contribution is 2.18. The highest BCUT2D eigenvalue weighted by Gasteiger charge is 2.22. The molecule has 0 saturated carbocycles. The minimum Gasteiger partial charge on any atom is -0.391 e. The van der Waals surface area contributed by atoms with Gasteiger partial charge in [0.2, 0.25) is 5.91 Å². The molecule has 2 rings (SSSR count). The van der Waals surface area contributed by atoms with E-state index in [0.29, 0.717) is 18.9 Å². The van der Waals surface area contributed by atoms with Crippen LogP contribution in [0.5, 0.6) is 0 Å². The van der Waals surface area contributed by atoms with Crippen LogP contribution >= 0.6 is 0 Å². The number of likely N-dealkylation sites (tertiary alicyclic amines) is 1. The predicted molar refractivity (Wildman–Crippen MR) is 66.6 cm³/mol. The summed E-state index contributed by atoms with van der Waals surface area (Å²) in [5, 5.41) is 12.9. The number of hydrogen-bond donors (Lipinski definition) is 2. The lowest BCUT2D eigenvalue weighted by Gasteiger charge is -2.31. The van der Waals surface area contributed by atoms with Gasteiger partial charge in [0.25, 0.3) is 0 Å². The van der Waals surface area contributed by atoms with Crippen molar-refractivity contribution in [1.82, 2.24) is 10.2 Å². The molecule has 4 heteroatoms. The molecule has 2 aliphatic rings. The molecule has 17 heavy (non-hydrogen) atoms. The minimum atomic E-state index is -0.302. The molecule has 2 unspecified atom stereocenters. The van der Waals surface area contributed by atoms with Gasteiger partial charge in [0.15, 0.2) is 0 Å². The highest BCUT2D eigenvalue weighted by molar-refractivity contribution is 5.76. The summed E-state index contributed by atoms with van der Waals surface area (Å²) in [6.07, 6.45) is 5.62. The van der Waals surface area contributed by atoms with Gasteiger partial charge >= 0.3 is 0 Å². The van der Waals surface area contributed by atoms with E-state index in [2.05, 4.69) is 5.32 Å². The molecule has 1 amide bonds. The molecule has 2 saturated heterocycles. The molecule has 2 atom stereocenters. The molecular weight excluding hydrogens is 216 g/mol. The minimum absolute atomic E-state index is 0.231. The quantitative estimate of drug-likeness (QED) is 0.765. The van der Waals surface area contributed by atoms with Crippen molar-refractivity contribution in [2.45, 2.75) is 44.6 Å². The van der Waals surface area contributed by atoms with Gasteiger partial charge in [-0.2, -0.15) is 0 Å². The molecule has 4 nitrogen and oxygen atoms in total. The Kier molecular flexibility index (Phi) is 4.80. The molecule has 0 aromatic carbocycles. The molecule has 0 aromatic heterocycles. The lowest BCUT2D eigenvalue weighted by Crippen LogP contribution is -2.42. The van der Waals surface area contributed by atoms with Crippen molar-refractivity contribution in [3.05, 3.63) is 0 Å². The van der Waals surface area contributed by atoms with Crippen LogP contribution in [0, 0.1) is 5.92 Å². The number of rotatable bonds is 3. The Bertz CT molecular complexity index is 252. The van der Waals surface area contributed by atoms with E-state index >= 15 is 0 Å². The first-order valence-corrected chi connectivity index (χ1v) is 6.92. The predicted octanol–water partition coefficient (Wildman–Crippen LogP) is 0.749. The van der Waals surface area contributed by atoms with E-state index in [1.807, 2.05) is 4.90 Å². The maximum Gasteiger partial charge on any atom is 0.222 e. The van der Waals surface area contributed by atoms with E-state index in [9.17, 15) is 9.90 Å². The van der Waals surface area contributed by atoms with Crippen LogP contribution in [0.2, 0.25) is 0 Å². The summed E-state index contributed by atoms with van der Waals surface area (Å²) in [6, 6.07) is 0. The van der Waals surface area contributed by atoms with E-state index in [1.54, 1.807) is 0 Å². The van der Waals surface area contributed by atoms with E-state index in [4.69, 9.17) is 0 Å². The van der Waals surface area contributed by atoms with Crippen molar-refractivity contribution in [3.8, 4) is 0 Å². The number of piperidine rings is 2. The lowest BCUT2D eigenvalue weighted by molar-refractivity contribution is -0.134. The lowest BCUT2D eigenvalue weighted by atomic mass is 9.94. The fourth-order valence-corrected chi connectivity index (χ4v) is 2.84. The van der Waals surface area contributed by atoms with Crippen LogP contribution in [0.25, 0.3) is 0 Å². The molecule has 0 bridgehead atoms. The Balaban J connectivity index is 1.69. The van der Waals surface area contributed by atoms with Crippen LogP contribution in [0.15, 0.2) is 0 Å². The van der Waals surface area contributed by atoms with Gasteiger partial charge in [0.05, 0.1) is 6.10 Å². The van der Waals surface area contributed by atoms with E-state index < -0.39 is 0 Å². The third-order valence-corrected chi connectivity index (χ3v) is 3.91. The van der Waals surface area contributed by atoms with Gasteiger partial charge in [-0.1, -0.05) is 0 Å². The van der Waals surface area contributed by atoms with Crippen LogP contribution in [-0.2, 0) is 4.79 Å². The number of β-amino-alcohol motifs (C(OH)–C–C–N with tert-alkyl or cyclic N) is 1. The zero-order chi connectivity index (χ0) is 12.1. The van der Waals surface area contributed by atoms with Gasteiger partial charge in [-0.25, -0.2) is 0 Å². The summed E-state index contributed by atoms with van der Waals surface area (Å²) in [7, 11) is 0. The van der Waals surface area contributed by atoms with Gasteiger partial charge in [-0.05, 0) is 51.1 Å². The number of aliphatic hydroxyl groups excluding tert-OH is 1. The largest absolute Gasteiger partial charge is 0.391 e. The average molecular weight is 240 g/mol. The molecule has 2 N–H and O–H groups in total. The van der Waals surface area contributed by atoms with Crippen LogP contribution in [0.4, 0.5) is 0 Å². The van der Waals surface area contributed by atoms with Gasteiger partial charge in [0.1, 0.15) is 0 Å². The maximum absolute atomic E-state index is 12.0. The number of hydrogen-bond acceptors (Lipinski definition) is 3. The second-order valence-electron chi connectivity index (χ2n) is 5.39. The van der Waals surface area contributed by atoms with Crippen molar-refractivity contribution in [3.63, 3.8) is 0 Å². The van der Waals surface area contributed by atoms with Crippen molar-refractivity contribution in [2.24, 2.45) is 5.92 Å². The van der Waals surface area contributed by atoms with E-state index in [-0.39, 0.29) is 12.0 Å². The van der Waals surface area contributed by atoms with E-state index in [1.165, 1.54) is 12.8 Å². The number of nitrogens with one attached hydrogen (secondary N) is 1. The second kappa shape index (κ2) is 6.36. The summed E-state index contributed by atoms with van der Waals surface area (Å²) < 4.78 is 0. The second-order valence-corrected chi connectivity index (χ2v) is 5.39. The molecule has 0 radical (unpaired) electrons. The van der Waals surface area contributed by atoms with Crippen molar-refractivity contribution in [1.29, 1.82) is 0 Å². The fraction of sp³-hybridized carbons (Fsp3) is 0.923. The number of carbonyl (C=O) groups excluding carboxylic acids is 1. The summed E-state index contributed by atoms with van der Waals surface area (Å²) in [5.41, 5.74) is 0. The zero-order valence-corrected chi connectivity index (χ0v) is 10.5. The smallest absolute Gasteiger partial charge is 0.222 e. The Morgan fingerprint density at radius 1 is 1.35 bits per heavy atom. The molecule has 98 valence electrons. The highest BCUT2D eigenvalue weighted by atomic mass is 16.3. The van der Waals surface area contributed by atoms with Crippen LogP contribution in [0.1, 0.15) is 38.5 Å². The first-order valence-electron chi connectivity index (χ1n) is 6.92. The van der Waals surface area contributed by atoms with Gasteiger partial charge in [-0.15, -0.1) is 0 Å². The summed E-state index contributed by atoms with van der Waals surface area (Å²) in [5.74, 6) is 0.900. The van der Waals surface area contributed by atoms with Gasteiger partial charge < -0.3 is 15.3 Å². The van der Waals surface area contributed by atoms with Crippen LogP contribution in [-0.4, -0.2) is 48.2 Å². The van der Waals surface area contributed by atoms with Crippen molar-refractivity contribution >= 4 is 5.91 Å². The third-order valence-electron chi connectivity index (χ3n) is 3.91. The molecule has 0 aliphatic carbocycles. The normalized spacial score (nSPS) is 30.3. The molecule has 2 fully saturated rings. The summed E-state index contributed by atoms with van der Waals surface area (Å²) in [6.45, 7) is 3.57. The van der Waals surface area contributed by atoms with Crippen LogP contribution < -0.4 is 5.32 Å².